The van der Waals surface area contributed by atoms with Gasteiger partial charge < -0.3 is 4.74 Å². The molecule has 2 aliphatic rings. The summed E-state index contributed by atoms with van der Waals surface area (Å²) in [6.07, 6.45) is 0.303. The molecule has 2 nitrogen and oxygen atoms in total. The number of nitrogens with one attached hydrogen (secondary N) is 1. The molecule has 80 valence electrons. The molecule has 1 aliphatic carbocycles. The van der Waals surface area contributed by atoms with Crippen molar-refractivity contribution < 1.29 is 4.74 Å². The van der Waals surface area contributed by atoms with Crippen molar-refractivity contribution in [2.24, 2.45) is 0 Å². The third-order valence-corrected chi connectivity index (χ3v) is 3.58. The summed E-state index contributed by atoms with van der Waals surface area (Å²) in [5.41, 5.74) is 2.67. The van der Waals surface area contributed by atoms with Gasteiger partial charge in [0.2, 0.25) is 0 Å². The Hall–Kier alpha value is -0.860. The fourth-order valence-electron chi connectivity index (χ4n) is 2.93. The van der Waals surface area contributed by atoms with Gasteiger partial charge in [0, 0.05) is 5.92 Å². The van der Waals surface area contributed by atoms with Crippen molar-refractivity contribution in [3.63, 3.8) is 0 Å². The molecule has 0 bridgehead atoms. The monoisotopic (exact) mass is 203 g/mol. The zero-order valence-electron chi connectivity index (χ0n) is 9.45. The Bertz CT molecular complexity index is 399. The third kappa shape index (κ3) is 1.25. The van der Waals surface area contributed by atoms with Gasteiger partial charge in [-0.3, -0.25) is 5.32 Å². The van der Waals surface area contributed by atoms with Crippen LogP contribution in [0.5, 0.6) is 0 Å². The first-order valence-electron chi connectivity index (χ1n) is 5.63. The summed E-state index contributed by atoms with van der Waals surface area (Å²) >= 11 is 0. The molecule has 15 heavy (non-hydrogen) atoms. The minimum absolute atomic E-state index is 0.183. The maximum Gasteiger partial charge on any atom is 0.114 e. The van der Waals surface area contributed by atoms with Gasteiger partial charge in [0.15, 0.2) is 0 Å². The number of hydrogen-bond acceptors (Lipinski definition) is 2. The predicted molar refractivity (Wildman–Crippen MR) is 59.7 cm³/mol. The zero-order valence-corrected chi connectivity index (χ0v) is 9.45. The van der Waals surface area contributed by atoms with Crippen molar-refractivity contribution in [1.29, 1.82) is 0 Å². The van der Waals surface area contributed by atoms with E-state index in [-0.39, 0.29) is 5.72 Å². The molecule has 1 N–H and O–H groups in total. The highest BCUT2D eigenvalue weighted by Gasteiger charge is 2.48. The Balaban J connectivity index is 2.06. The van der Waals surface area contributed by atoms with E-state index < -0.39 is 0 Å². The normalized spacial score (nSPS) is 36.3. The van der Waals surface area contributed by atoms with Gasteiger partial charge in [0.25, 0.3) is 0 Å². The Kier molecular flexibility index (Phi) is 1.77. The minimum Gasteiger partial charge on any atom is -0.355 e. The highest BCUT2D eigenvalue weighted by molar-refractivity contribution is 5.41. The van der Waals surface area contributed by atoms with E-state index in [0.29, 0.717) is 18.1 Å². The minimum atomic E-state index is -0.183. The van der Waals surface area contributed by atoms with E-state index in [1.807, 2.05) is 0 Å². The van der Waals surface area contributed by atoms with Crippen LogP contribution in [0.15, 0.2) is 24.3 Å². The molecule has 1 aromatic carbocycles. The van der Waals surface area contributed by atoms with Gasteiger partial charge in [-0.2, -0.15) is 0 Å². The summed E-state index contributed by atoms with van der Waals surface area (Å²) < 4.78 is 6.06. The number of rotatable bonds is 0. The lowest BCUT2D eigenvalue weighted by molar-refractivity contribution is -0.0313. The van der Waals surface area contributed by atoms with Gasteiger partial charge in [0.1, 0.15) is 5.72 Å². The van der Waals surface area contributed by atoms with Crippen molar-refractivity contribution in [1.82, 2.24) is 5.32 Å². The van der Waals surface area contributed by atoms with Crippen LogP contribution in [-0.2, 0) is 4.74 Å². The van der Waals surface area contributed by atoms with Gasteiger partial charge in [-0.25, -0.2) is 0 Å². The average Bonchev–Trinajstić information content (AvgIpc) is 2.63. The van der Waals surface area contributed by atoms with Crippen LogP contribution in [0.1, 0.15) is 43.9 Å². The Labute approximate surface area is 90.6 Å². The Morgan fingerprint density at radius 2 is 1.87 bits per heavy atom. The quantitative estimate of drug-likeness (QED) is 0.699. The SMILES string of the molecule is CC1c2ccccc2[C@@H]2NC(C)(C)O[C@H]12. The highest BCUT2D eigenvalue weighted by Crippen LogP contribution is 2.47. The second kappa shape index (κ2) is 2.83. The summed E-state index contributed by atoms with van der Waals surface area (Å²) in [6.45, 7) is 6.45. The predicted octanol–water partition coefficient (Wildman–Crippen LogP) is 2.57. The zero-order chi connectivity index (χ0) is 10.6. The molecule has 0 radical (unpaired) electrons. The van der Waals surface area contributed by atoms with Gasteiger partial charge in [-0.15, -0.1) is 0 Å². The topological polar surface area (TPSA) is 21.3 Å². The first-order valence-corrected chi connectivity index (χ1v) is 5.63. The van der Waals surface area contributed by atoms with Crippen LogP contribution in [0.25, 0.3) is 0 Å². The maximum absolute atomic E-state index is 6.06. The van der Waals surface area contributed by atoms with Crippen LogP contribution in [0.3, 0.4) is 0 Å². The van der Waals surface area contributed by atoms with E-state index in [4.69, 9.17) is 4.74 Å². The van der Waals surface area contributed by atoms with Crippen molar-refractivity contribution in [2.75, 3.05) is 0 Å². The summed E-state index contributed by atoms with van der Waals surface area (Å²) in [6, 6.07) is 9.04. The van der Waals surface area contributed by atoms with Gasteiger partial charge in [0.05, 0.1) is 12.1 Å². The highest BCUT2D eigenvalue weighted by atomic mass is 16.5. The molecule has 0 saturated carbocycles. The summed E-state index contributed by atoms with van der Waals surface area (Å²) in [4.78, 5) is 0. The van der Waals surface area contributed by atoms with E-state index in [9.17, 15) is 0 Å². The lowest BCUT2D eigenvalue weighted by Crippen LogP contribution is -2.35. The van der Waals surface area contributed by atoms with Gasteiger partial charge >= 0.3 is 0 Å². The largest absolute Gasteiger partial charge is 0.355 e. The second-order valence-corrected chi connectivity index (χ2v) is 5.13. The standard InChI is InChI=1S/C13H17NO/c1-8-9-6-4-5-7-10(9)11-12(8)15-13(2,3)14-11/h4-8,11-12,14H,1-3H3/t8?,11-,12+/m0/s1. The van der Waals surface area contributed by atoms with Crippen LogP contribution in [0, 0.1) is 0 Å². The fraction of sp³-hybridized carbons (Fsp3) is 0.538. The lowest BCUT2D eigenvalue weighted by atomic mass is 10.0. The molecule has 3 rings (SSSR count). The molecular weight excluding hydrogens is 186 g/mol. The van der Waals surface area contributed by atoms with Crippen LogP contribution < -0.4 is 5.32 Å². The second-order valence-electron chi connectivity index (χ2n) is 5.13. The van der Waals surface area contributed by atoms with Crippen molar-refractivity contribution in [2.45, 2.75) is 44.6 Å². The van der Waals surface area contributed by atoms with Gasteiger partial charge in [-0.05, 0) is 25.0 Å². The number of fused-ring (bicyclic) bond motifs is 3. The lowest BCUT2D eigenvalue weighted by Gasteiger charge is -2.21. The molecule has 1 fully saturated rings. The van der Waals surface area contributed by atoms with Gasteiger partial charge in [-0.1, -0.05) is 31.2 Å². The number of ether oxygens (including phenoxy) is 1. The third-order valence-electron chi connectivity index (χ3n) is 3.58. The van der Waals surface area contributed by atoms with E-state index in [1.165, 1.54) is 11.1 Å². The van der Waals surface area contributed by atoms with Crippen LogP contribution in [0.2, 0.25) is 0 Å². The van der Waals surface area contributed by atoms with Crippen molar-refractivity contribution in [3.8, 4) is 0 Å². The molecule has 0 aromatic heterocycles. The van der Waals surface area contributed by atoms with E-state index in [0.717, 1.165) is 0 Å². The first kappa shape index (κ1) is 9.37. The van der Waals surface area contributed by atoms with Crippen molar-refractivity contribution >= 4 is 0 Å². The average molecular weight is 203 g/mol. The molecule has 2 heteroatoms. The summed E-state index contributed by atoms with van der Waals surface area (Å²) in [7, 11) is 0. The molecule has 1 saturated heterocycles. The first-order chi connectivity index (χ1) is 7.08. The van der Waals surface area contributed by atoms with Crippen molar-refractivity contribution in [3.05, 3.63) is 35.4 Å². The summed E-state index contributed by atoms with van der Waals surface area (Å²) in [5.74, 6) is 0.500. The smallest absolute Gasteiger partial charge is 0.114 e. The number of benzene rings is 1. The summed E-state index contributed by atoms with van der Waals surface area (Å²) in [5, 5.41) is 3.56. The molecule has 1 unspecified atom stereocenters. The van der Waals surface area contributed by atoms with Crippen LogP contribution in [0.4, 0.5) is 0 Å². The molecule has 1 heterocycles. The molecule has 3 atom stereocenters. The molecule has 1 aromatic rings. The Morgan fingerprint density at radius 3 is 2.60 bits per heavy atom. The van der Waals surface area contributed by atoms with Crippen LogP contribution >= 0.6 is 0 Å². The maximum atomic E-state index is 6.06. The molecule has 1 aliphatic heterocycles. The van der Waals surface area contributed by atoms with Crippen LogP contribution in [-0.4, -0.2) is 11.8 Å². The van der Waals surface area contributed by atoms with E-state index in [1.54, 1.807) is 0 Å². The molecular formula is C13H17NO. The molecule has 0 amide bonds. The van der Waals surface area contributed by atoms with E-state index in [2.05, 4.69) is 50.4 Å². The Morgan fingerprint density at radius 1 is 1.20 bits per heavy atom. The molecule has 0 spiro atoms. The van der Waals surface area contributed by atoms with E-state index >= 15 is 0 Å². The fourth-order valence-corrected chi connectivity index (χ4v) is 2.93. The number of hydrogen-bond donors (Lipinski definition) is 1.